The maximum Gasteiger partial charge on any atom is 0.251 e. The van der Waals surface area contributed by atoms with E-state index in [0.717, 1.165) is 16.6 Å². The van der Waals surface area contributed by atoms with E-state index in [1.54, 1.807) is 0 Å². The summed E-state index contributed by atoms with van der Waals surface area (Å²) >= 11 is 0. The van der Waals surface area contributed by atoms with Crippen LogP contribution in [-0.2, 0) is 7.05 Å². The molecule has 0 saturated carbocycles. The van der Waals surface area contributed by atoms with E-state index in [2.05, 4.69) is 6.07 Å². The number of nitrogens with zero attached hydrogens (tertiary/aromatic N) is 1. The molecule has 0 aliphatic heterocycles. The maximum absolute atomic E-state index is 11.3. The van der Waals surface area contributed by atoms with Gasteiger partial charge in [0.2, 0.25) is 0 Å². The second-order valence-electron chi connectivity index (χ2n) is 3.90. The summed E-state index contributed by atoms with van der Waals surface area (Å²) in [5, 5.41) is 0.938. The third-order valence-corrected chi connectivity index (χ3v) is 2.90. The van der Waals surface area contributed by atoms with E-state index in [-0.39, 0.29) is 5.91 Å². The Morgan fingerprint density at radius 1 is 1.33 bits per heavy atom. The molecule has 78 valence electrons. The summed E-state index contributed by atoms with van der Waals surface area (Å²) in [6, 6.07) is 6.01. The van der Waals surface area contributed by atoms with Gasteiger partial charge in [0.25, 0.3) is 5.91 Å². The lowest BCUT2D eigenvalue weighted by molar-refractivity contribution is 0.100. The zero-order valence-corrected chi connectivity index (χ0v) is 9.16. The van der Waals surface area contributed by atoms with Crippen LogP contribution in [0.2, 0.25) is 0 Å². The van der Waals surface area contributed by atoms with Crippen LogP contribution >= 0.6 is 0 Å². The first-order valence-corrected chi connectivity index (χ1v) is 4.88. The Morgan fingerprint density at radius 3 is 2.60 bits per heavy atom. The molecule has 1 aromatic heterocycles. The second kappa shape index (κ2) is 3.12. The molecule has 2 aromatic rings. The standard InChI is InChI=1S/C12H14N2O/c1-7-4-5-9-10(6-7)14(3)8(2)11(9)12(13)15/h4-6H,1-3H3,(H2,13,15). The number of aromatic nitrogens is 1. The number of aryl methyl sites for hydroxylation is 2. The zero-order chi connectivity index (χ0) is 11.2. The van der Waals surface area contributed by atoms with Crippen molar-refractivity contribution in [1.82, 2.24) is 4.57 Å². The molecule has 15 heavy (non-hydrogen) atoms. The van der Waals surface area contributed by atoms with Gasteiger partial charge in [-0.1, -0.05) is 12.1 Å². The molecular weight excluding hydrogens is 188 g/mol. The topological polar surface area (TPSA) is 48.0 Å². The fraction of sp³-hybridized carbons (Fsp3) is 0.250. The van der Waals surface area contributed by atoms with Crippen molar-refractivity contribution in [3.63, 3.8) is 0 Å². The molecule has 2 N–H and O–H groups in total. The van der Waals surface area contributed by atoms with E-state index in [4.69, 9.17) is 5.73 Å². The Labute approximate surface area is 88.5 Å². The van der Waals surface area contributed by atoms with Gasteiger partial charge in [-0.2, -0.15) is 0 Å². The maximum atomic E-state index is 11.3. The lowest BCUT2D eigenvalue weighted by Crippen LogP contribution is -2.12. The highest BCUT2D eigenvalue weighted by Gasteiger charge is 2.15. The normalized spacial score (nSPS) is 10.9. The van der Waals surface area contributed by atoms with Crippen molar-refractivity contribution in [2.45, 2.75) is 13.8 Å². The van der Waals surface area contributed by atoms with Crippen LogP contribution in [0.15, 0.2) is 18.2 Å². The molecule has 0 unspecified atom stereocenters. The number of carbonyl (C=O) groups excluding carboxylic acids is 1. The van der Waals surface area contributed by atoms with E-state index < -0.39 is 0 Å². The third-order valence-electron chi connectivity index (χ3n) is 2.90. The van der Waals surface area contributed by atoms with Crippen LogP contribution in [0.3, 0.4) is 0 Å². The van der Waals surface area contributed by atoms with Crippen LogP contribution in [0.1, 0.15) is 21.6 Å². The van der Waals surface area contributed by atoms with Crippen molar-refractivity contribution in [2.75, 3.05) is 0 Å². The molecule has 3 nitrogen and oxygen atoms in total. The van der Waals surface area contributed by atoms with Crippen LogP contribution in [-0.4, -0.2) is 10.5 Å². The summed E-state index contributed by atoms with van der Waals surface area (Å²) in [7, 11) is 1.95. The number of hydrogen-bond acceptors (Lipinski definition) is 1. The van der Waals surface area contributed by atoms with Gasteiger partial charge in [-0.15, -0.1) is 0 Å². The molecule has 0 aliphatic rings. The fourth-order valence-electron chi connectivity index (χ4n) is 1.98. The summed E-state index contributed by atoms with van der Waals surface area (Å²) < 4.78 is 2.00. The van der Waals surface area contributed by atoms with Gasteiger partial charge in [-0.05, 0) is 25.5 Å². The number of amides is 1. The molecule has 2 rings (SSSR count). The third kappa shape index (κ3) is 1.31. The van der Waals surface area contributed by atoms with Crippen molar-refractivity contribution < 1.29 is 4.79 Å². The Kier molecular flexibility index (Phi) is 2.03. The van der Waals surface area contributed by atoms with Crippen molar-refractivity contribution in [3.05, 3.63) is 35.0 Å². The number of hydrogen-bond donors (Lipinski definition) is 1. The highest BCUT2D eigenvalue weighted by molar-refractivity contribution is 6.07. The first-order valence-electron chi connectivity index (χ1n) is 4.88. The summed E-state index contributed by atoms with van der Waals surface area (Å²) in [4.78, 5) is 11.3. The fourth-order valence-corrected chi connectivity index (χ4v) is 1.98. The predicted molar refractivity (Wildman–Crippen MR) is 60.9 cm³/mol. The lowest BCUT2D eigenvalue weighted by Gasteiger charge is -1.98. The molecule has 1 amide bonds. The molecule has 0 saturated heterocycles. The Morgan fingerprint density at radius 2 is 2.00 bits per heavy atom. The van der Waals surface area contributed by atoms with Crippen molar-refractivity contribution in [3.8, 4) is 0 Å². The van der Waals surface area contributed by atoms with Gasteiger partial charge in [-0.25, -0.2) is 0 Å². The van der Waals surface area contributed by atoms with E-state index >= 15 is 0 Å². The first-order chi connectivity index (χ1) is 7.02. The van der Waals surface area contributed by atoms with E-state index in [1.165, 1.54) is 5.56 Å². The van der Waals surface area contributed by atoms with Crippen LogP contribution < -0.4 is 5.73 Å². The summed E-state index contributed by atoms with van der Waals surface area (Å²) in [6.45, 7) is 3.95. The van der Waals surface area contributed by atoms with Gasteiger partial charge in [0.1, 0.15) is 0 Å². The Hall–Kier alpha value is -1.77. The van der Waals surface area contributed by atoms with E-state index in [0.29, 0.717) is 5.56 Å². The Balaban J connectivity index is 2.93. The number of fused-ring (bicyclic) bond motifs is 1. The molecule has 1 heterocycles. The zero-order valence-electron chi connectivity index (χ0n) is 9.16. The largest absolute Gasteiger partial charge is 0.366 e. The molecule has 3 heteroatoms. The molecular formula is C12H14N2O. The van der Waals surface area contributed by atoms with E-state index in [1.807, 2.05) is 37.6 Å². The number of benzene rings is 1. The number of primary amides is 1. The van der Waals surface area contributed by atoms with Crippen LogP contribution in [0, 0.1) is 13.8 Å². The van der Waals surface area contributed by atoms with Crippen LogP contribution in [0.4, 0.5) is 0 Å². The number of rotatable bonds is 1. The number of carbonyl (C=O) groups is 1. The smallest absolute Gasteiger partial charge is 0.251 e. The lowest BCUT2D eigenvalue weighted by atomic mass is 10.1. The highest BCUT2D eigenvalue weighted by Crippen LogP contribution is 2.25. The molecule has 0 fully saturated rings. The molecule has 0 aliphatic carbocycles. The predicted octanol–water partition coefficient (Wildman–Crippen LogP) is 1.89. The minimum atomic E-state index is -0.359. The average molecular weight is 202 g/mol. The quantitative estimate of drug-likeness (QED) is 0.754. The summed E-state index contributed by atoms with van der Waals surface area (Å²) in [5.41, 5.74) is 9.17. The van der Waals surface area contributed by atoms with Crippen molar-refractivity contribution >= 4 is 16.8 Å². The SMILES string of the molecule is Cc1ccc2c(C(N)=O)c(C)n(C)c2c1. The van der Waals surface area contributed by atoms with Gasteiger partial charge in [0.15, 0.2) is 0 Å². The summed E-state index contributed by atoms with van der Waals surface area (Å²) in [5.74, 6) is -0.359. The summed E-state index contributed by atoms with van der Waals surface area (Å²) in [6.07, 6.45) is 0. The molecule has 0 atom stereocenters. The molecule has 1 aromatic carbocycles. The Bertz CT molecular complexity index is 552. The van der Waals surface area contributed by atoms with Gasteiger partial charge in [-0.3, -0.25) is 4.79 Å². The number of nitrogens with two attached hydrogens (primary N) is 1. The van der Waals surface area contributed by atoms with Gasteiger partial charge in [0, 0.05) is 23.6 Å². The minimum Gasteiger partial charge on any atom is -0.366 e. The molecule has 0 spiro atoms. The van der Waals surface area contributed by atoms with Crippen molar-refractivity contribution in [1.29, 1.82) is 0 Å². The molecule has 0 radical (unpaired) electrons. The van der Waals surface area contributed by atoms with Crippen LogP contribution in [0.5, 0.6) is 0 Å². The minimum absolute atomic E-state index is 0.359. The van der Waals surface area contributed by atoms with Gasteiger partial charge >= 0.3 is 0 Å². The molecule has 0 bridgehead atoms. The van der Waals surface area contributed by atoms with Gasteiger partial charge in [0.05, 0.1) is 5.56 Å². The van der Waals surface area contributed by atoms with Gasteiger partial charge < -0.3 is 10.3 Å². The van der Waals surface area contributed by atoms with Crippen LogP contribution in [0.25, 0.3) is 10.9 Å². The highest BCUT2D eigenvalue weighted by atomic mass is 16.1. The second-order valence-corrected chi connectivity index (χ2v) is 3.90. The van der Waals surface area contributed by atoms with Crippen molar-refractivity contribution in [2.24, 2.45) is 12.8 Å². The first kappa shape index (κ1) is 9.77. The monoisotopic (exact) mass is 202 g/mol. The average Bonchev–Trinajstić information content (AvgIpc) is 2.41. The van der Waals surface area contributed by atoms with E-state index in [9.17, 15) is 4.79 Å².